The Kier molecular flexibility index (Phi) is 5.24. The molecule has 18 heavy (non-hydrogen) atoms. The Balaban J connectivity index is 3.08. The van der Waals surface area contributed by atoms with Gasteiger partial charge in [0.2, 0.25) is 0 Å². The molecular formula is C10H9BrClF4NO. The van der Waals surface area contributed by atoms with Crippen LogP contribution in [0.5, 0.6) is 0 Å². The largest absolute Gasteiger partial charge is 0.418 e. The zero-order chi connectivity index (χ0) is 13.9. The molecule has 1 unspecified atom stereocenters. The molecule has 0 saturated carbocycles. The third-order valence-electron chi connectivity index (χ3n) is 2.05. The van der Waals surface area contributed by atoms with Crippen LogP contribution < -0.4 is 5.32 Å². The van der Waals surface area contributed by atoms with Crippen LogP contribution in [-0.4, -0.2) is 23.6 Å². The summed E-state index contributed by atoms with van der Waals surface area (Å²) in [5.74, 6) is -1.12. The van der Waals surface area contributed by atoms with E-state index in [0.717, 1.165) is 6.07 Å². The molecule has 1 atom stereocenters. The average molecular weight is 351 g/mol. The molecule has 0 aliphatic heterocycles. The fourth-order valence-corrected chi connectivity index (χ4v) is 1.93. The van der Waals surface area contributed by atoms with Gasteiger partial charge in [-0.05, 0) is 28.1 Å². The number of halogens is 6. The van der Waals surface area contributed by atoms with Crippen molar-refractivity contribution >= 4 is 33.2 Å². The lowest BCUT2D eigenvalue weighted by Gasteiger charge is -2.17. The van der Waals surface area contributed by atoms with Gasteiger partial charge in [0.1, 0.15) is 5.82 Å². The molecular weight excluding hydrogens is 341 g/mol. The zero-order valence-corrected chi connectivity index (χ0v) is 11.2. The van der Waals surface area contributed by atoms with Gasteiger partial charge in [-0.2, -0.15) is 13.2 Å². The molecule has 0 radical (unpaired) electrons. The van der Waals surface area contributed by atoms with Gasteiger partial charge in [0.05, 0.1) is 23.2 Å². The first-order chi connectivity index (χ1) is 8.25. The highest BCUT2D eigenvalue weighted by Gasteiger charge is 2.35. The highest BCUT2D eigenvalue weighted by atomic mass is 79.9. The van der Waals surface area contributed by atoms with Crippen molar-refractivity contribution < 1.29 is 22.7 Å². The summed E-state index contributed by atoms with van der Waals surface area (Å²) < 4.78 is 51.0. The molecule has 0 aromatic heterocycles. The first kappa shape index (κ1) is 15.5. The smallest absolute Gasteiger partial charge is 0.390 e. The summed E-state index contributed by atoms with van der Waals surface area (Å²) in [5.41, 5.74) is -1.47. The van der Waals surface area contributed by atoms with E-state index in [1.54, 1.807) is 0 Å². The number of anilines is 1. The molecule has 0 amide bonds. The third kappa shape index (κ3) is 4.00. The Labute approximate surface area is 114 Å². The molecule has 102 valence electrons. The van der Waals surface area contributed by atoms with E-state index in [1.165, 1.54) is 0 Å². The SMILES string of the molecule is OC(CCl)CNc1c(Br)cc(F)cc1C(F)(F)F. The van der Waals surface area contributed by atoms with Crippen LogP contribution in [0.1, 0.15) is 5.56 Å². The molecule has 0 saturated heterocycles. The summed E-state index contributed by atoms with van der Waals surface area (Å²) in [6, 6.07) is 1.30. The van der Waals surface area contributed by atoms with Crippen molar-refractivity contribution in [3.63, 3.8) is 0 Å². The fourth-order valence-electron chi connectivity index (χ4n) is 1.25. The summed E-state index contributed by atoms with van der Waals surface area (Å²) in [6.45, 7) is -0.170. The standard InChI is InChI=1S/C10H9BrClF4NO/c11-8-2-5(13)1-7(10(14,15)16)9(8)17-4-6(18)3-12/h1-2,6,17-18H,3-4H2. The number of hydrogen-bond donors (Lipinski definition) is 2. The minimum atomic E-state index is -4.70. The van der Waals surface area contributed by atoms with Crippen LogP contribution in [0.4, 0.5) is 23.2 Å². The molecule has 0 aliphatic carbocycles. The molecule has 0 heterocycles. The quantitative estimate of drug-likeness (QED) is 0.642. The number of nitrogens with one attached hydrogen (secondary N) is 1. The van der Waals surface area contributed by atoms with E-state index in [4.69, 9.17) is 11.6 Å². The van der Waals surface area contributed by atoms with Crippen LogP contribution in [0.25, 0.3) is 0 Å². The summed E-state index contributed by atoms with van der Waals surface area (Å²) in [6.07, 6.45) is -5.69. The summed E-state index contributed by atoms with van der Waals surface area (Å²) >= 11 is 8.17. The molecule has 8 heteroatoms. The summed E-state index contributed by atoms with van der Waals surface area (Å²) in [4.78, 5) is 0. The Morgan fingerprint density at radius 1 is 1.39 bits per heavy atom. The number of aliphatic hydroxyl groups is 1. The van der Waals surface area contributed by atoms with Gasteiger partial charge in [-0.15, -0.1) is 11.6 Å². The minimum Gasteiger partial charge on any atom is -0.390 e. The number of hydrogen-bond acceptors (Lipinski definition) is 2. The number of rotatable bonds is 4. The van der Waals surface area contributed by atoms with Gasteiger partial charge < -0.3 is 10.4 Å². The summed E-state index contributed by atoms with van der Waals surface area (Å²) in [5, 5.41) is 11.6. The van der Waals surface area contributed by atoms with Gasteiger partial charge in [0.25, 0.3) is 0 Å². The highest BCUT2D eigenvalue weighted by molar-refractivity contribution is 9.10. The molecule has 0 bridgehead atoms. The van der Waals surface area contributed by atoms with Gasteiger partial charge in [0, 0.05) is 11.0 Å². The van der Waals surface area contributed by atoms with Crippen LogP contribution in [0.15, 0.2) is 16.6 Å². The average Bonchev–Trinajstić information content (AvgIpc) is 2.25. The van der Waals surface area contributed by atoms with Gasteiger partial charge in [-0.1, -0.05) is 0 Å². The normalized spacial score (nSPS) is 13.5. The van der Waals surface area contributed by atoms with E-state index >= 15 is 0 Å². The Morgan fingerprint density at radius 3 is 2.50 bits per heavy atom. The first-order valence-corrected chi connectivity index (χ1v) is 6.12. The van der Waals surface area contributed by atoms with Crippen molar-refractivity contribution in [2.45, 2.75) is 12.3 Å². The van der Waals surface area contributed by atoms with Crippen molar-refractivity contribution in [3.8, 4) is 0 Å². The predicted octanol–water partition coefficient (Wildman–Crippen LogP) is 3.62. The van der Waals surface area contributed by atoms with E-state index < -0.39 is 23.7 Å². The molecule has 2 nitrogen and oxygen atoms in total. The number of aliphatic hydroxyl groups excluding tert-OH is 1. The molecule has 1 aromatic carbocycles. The van der Waals surface area contributed by atoms with Crippen molar-refractivity contribution in [2.24, 2.45) is 0 Å². The molecule has 1 rings (SSSR count). The van der Waals surface area contributed by atoms with E-state index in [2.05, 4.69) is 21.2 Å². The molecule has 2 N–H and O–H groups in total. The lowest BCUT2D eigenvalue weighted by Crippen LogP contribution is -2.22. The van der Waals surface area contributed by atoms with Crippen LogP contribution >= 0.6 is 27.5 Å². The van der Waals surface area contributed by atoms with Crippen LogP contribution in [0, 0.1) is 5.82 Å². The van der Waals surface area contributed by atoms with Crippen molar-refractivity contribution in [1.29, 1.82) is 0 Å². The van der Waals surface area contributed by atoms with E-state index in [0.29, 0.717) is 6.07 Å². The third-order valence-corrected chi connectivity index (χ3v) is 3.03. The molecule has 0 fully saturated rings. The molecule has 1 aromatic rings. The Morgan fingerprint density at radius 2 is 2.00 bits per heavy atom. The summed E-state index contributed by atoms with van der Waals surface area (Å²) in [7, 11) is 0. The fraction of sp³-hybridized carbons (Fsp3) is 0.400. The monoisotopic (exact) mass is 349 g/mol. The van der Waals surface area contributed by atoms with E-state index in [9.17, 15) is 22.7 Å². The maximum Gasteiger partial charge on any atom is 0.418 e. The predicted molar refractivity (Wildman–Crippen MR) is 64.3 cm³/mol. The zero-order valence-electron chi connectivity index (χ0n) is 8.86. The van der Waals surface area contributed by atoms with Gasteiger partial charge in [-0.25, -0.2) is 4.39 Å². The van der Waals surface area contributed by atoms with Crippen LogP contribution in [-0.2, 0) is 6.18 Å². The van der Waals surface area contributed by atoms with Crippen LogP contribution in [0.2, 0.25) is 0 Å². The second-order valence-electron chi connectivity index (χ2n) is 3.50. The van der Waals surface area contributed by atoms with Crippen molar-refractivity contribution in [2.75, 3.05) is 17.7 Å². The van der Waals surface area contributed by atoms with E-state index in [-0.39, 0.29) is 22.6 Å². The van der Waals surface area contributed by atoms with Gasteiger partial charge in [-0.3, -0.25) is 0 Å². The van der Waals surface area contributed by atoms with Gasteiger partial charge >= 0.3 is 6.18 Å². The lowest BCUT2D eigenvalue weighted by atomic mass is 10.1. The second kappa shape index (κ2) is 6.08. The maximum atomic E-state index is 13.0. The Hall–Kier alpha value is -0.530. The van der Waals surface area contributed by atoms with Crippen molar-refractivity contribution in [3.05, 3.63) is 28.0 Å². The van der Waals surface area contributed by atoms with Crippen LogP contribution in [0.3, 0.4) is 0 Å². The van der Waals surface area contributed by atoms with Gasteiger partial charge in [0.15, 0.2) is 0 Å². The second-order valence-corrected chi connectivity index (χ2v) is 4.66. The number of alkyl halides is 4. The highest BCUT2D eigenvalue weighted by Crippen LogP contribution is 2.39. The maximum absolute atomic E-state index is 13.0. The number of benzene rings is 1. The molecule has 0 aliphatic rings. The van der Waals surface area contributed by atoms with Crippen molar-refractivity contribution in [1.82, 2.24) is 0 Å². The Bertz CT molecular complexity index is 427. The lowest BCUT2D eigenvalue weighted by molar-refractivity contribution is -0.137. The topological polar surface area (TPSA) is 32.3 Å². The van der Waals surface area contributed by atoms with E-state index in [1.807, 2.05) is 0 Å². The minimum absolute atomic E-state index is 0.0726. The molecule has 0 spiro atoms. The first-order valence-electron chi connectivity index (χ1n) is 4.80.